The topological polar surface area (TPSA) is 94.0 Å². The Morgan fingerprint density at radius 3 is 2.89 bits per heavy atom. The molecule has 1 aromatic rings. The van der Waals surface area contributed by atoms with Gasteiger partial charge in [0.15, 0.2) is 5.16 Å². The molecule has 2 aliphatic carbocycles. The quantitative estimate of drug-likeness (QED) is 0.802. The van der Waals surface area contributed by atoms with Crippen LogP contribution in [0.1, 0.15) is 31.7 Å². The smallest absolute Gasteiger partial charge is 0.313 e. The molecular weight excluding hydrogens is 252 g/mol. The van der Waals surface area contributed by atoms with Crippen LogP contribution in [0.4, 0.5) is 5.95 Å². The monoisotopic (exact) mass is 268 g/mol. The van der Waals surface area contributed by atoms with E-state index in [2.05, 4.69) is 10.2 Å². The van der Waals surface area contributed by atoms with Crippen LogP contribution in [-0.4, -0.2) is 31.6 Å². The summed E-state index contributed by atoms with van der Waals surface area (Å²) in [7, 11) is 0. The molecule has 1 aromatic heterocycles. The Balaban J connectivity index is 1.82. The van der Waals surface area contributed by atoms with Gasteiger partial charge < -0.3 is 10.8 Å². The highest BCUT2D eigenvalue weighted by molar-refractivity contribution is 7.99. The first-order chi connectivity index (χ1) is 8.65. The summed E-state index contributed by atoms with van der Waals surface area (Å²) >= 11 is 1.20. The second-order valence-corrected chi connectivity index (χ2v) is 6.08. The van der Waals surface area contributed by atoms with Crippen LogP contribution >= 0.6 is 11.8 Å². The molecule has 2 bridgehead atoms. The molecule has 98 valence electrons. The van der Waals surface area contributed by atoms with Crippen molar-refractivity contribution in [2.45, 2.75) is 36.9 Å². The molecule has 0 aliphatic heterocycles. The predicted octanol–water partition coefficient (Wildman–Crippen LogP) is 1.40. The van der Waals surface area contributed by atoms with Crippen LogP contribution in [0, 0.1) is 11.8 Å². The second kappa shape index (κ2) is 4.46. The van der Waals surface area contributed by atoms with E-state index in [0.717, 1.165) is 12.3 Å². The lowest BCUT2D eigenvalue weighted by molar-refractivity contribution is -0.133. The van der Waals surface area contributed by atoms with E-state index >= 15 is 0 Å². The summed E-state index contributed by atoms with van der Waals surface area (Å²) in [5, 5.41) is 17.3. The van der Waals surface area contributed by atoms with Gasteiger partial charge in [-0.1, -0.05) is 18.2 Å². The van der Waals surface area contributed by atoms with Crippen molar-refractivity contribution < 1.29 is 9.90 Å². The number of carbonyl (C=O) groups is 1. The molecule has 0 radical (unpaired) electrons. The van der Waals surface area contributed by atoms with Crippen LogP contribution in [0.5, 0.6) is 0 Å². The number of rotatable bonds is 4. The van der Waals surface area contributed by atoms with Gasteiger partial charge in [0.05, 0.1) is 5.75 Å². The van der Waals surface area contributed by atoms with Crippen LogP contribution in [-0.2, 0) is 4.79 Å². The number of carboxylic acids is 1. The van der Waals surface area contributed by atoms with Crippen molar-refractivity contribution in [3.63, 3.8) is 0 Å². The standard InChI is InChI=1S/C11H16N4O2S/c12-10-13-14-11(18-5-9(16)17)15(10)8-4-6-1-2-7(8)3-6/h6-8H,1-5H2,(H2,12,13)(H,16,17). The Morgan fingerprint density at radius 2 is 2.28 bits per heavy atom. The Kier molecular flexibility index (Phi) is 2.93. The number of nitrogen functional groups attached to an aromatic ring is 1. The van der Waals surface area contributed by atoms with Crippen LogP contribution in [0.3, 0.4) is 0 Å². The van der Waals surface area contributed by atoms with Crippen molar-refractivity contribution in [3.05, 3.63) is 0 Å². The van der Waals surface area contributed by atoms with E-state index in [1.165, 1.54) is 31.0 Å². The number of anilines is 1. The highest BCUT2D eigenvalue weighted by Crippen LogP contribution is 2.51. The number of hydrogen-bond donors (Lipinski definition) is 2. The Hall–Kier alpha value is -1.24. The van der Waals surface area contributed by atoms with Gasteiger partial charge >= 0.3 is 5.97 Å². The summed E-state index contributed by atoms with van der Waals surface area (Å²) in [6.45, 7) is 0. The van der Waals surface area contributed by atoms with Gasteiger partial charge in [-0.25, -0.2) is 0 Å². The summed E-state index contributed by atoms with van der Waals surface area (Å²) < 4.78 is 1.96. The zero-order chi connectivity index (χ0) is 12.7. The van der Waals surface area contributed by atoms with Crippen molar-refractivity contribution >= 4 is 23.7 Å². The summed E-state index contributed by atoms with van der Waals surface area (Å²) in [5.41, 5.74) is 5.89. The van der Waals surface area contributed by atoms with E-state index in [1.54, 1.807) is 0 Å². The van der Waals surface area contributed by atoms with Crippen LogP contribution in [0.25, 0.3) is 0 Å². The van der Waals surface area contributed by atoms with E-state index in [0.29, 0.717) is 23.1 Å². The lowest BCUT2D eigenvalue weighted by Gasteiger charge is -2.24. The van der Waals surface area contributed by atoms with Gasteiger partial charge in [0.1, 0.15) is 0 Å². The van der Waals surface area contributed by atoms with Crippen molar-refractivity contribution in [3.8, 4) is 0 Å². The van der Waals surface area contributed by atoms with E-state index in [9.17, 15) is 4.79 Å². The van der Waals surface area contributed by atoms with Gasteiger partial charge in [-0.2, -0.15) is 0 Å². The number of fused-ring (bicyclic) bond motifs is 2. The van der Waals surface area contributed by atoms with Crippen LogP contribution in [0.2, 0.25) is 0 Å². The van der Waals surface area contributed by atoms with Crippen LogP contribution < -0.4 is 5.73 Å². The van der Waals surface area contributed by atoms with E-state index in [4.69, 9.17) is 10.8 Å². The molecule has 0 spiro atoms. The predicted molar refractivity (Wildman–Crippen MR) is 67.3 cm³/mol. The molecule has 7 heteroatoms. The minimum absolute atomic E-state index is 0.00104. The molecule has 3 atom stereocenters. The number of hydrogen-bond acceptors (Lipinski definition) is 5. The third-order valence-corrected chi connectivity index (χ3v) is 4.98. The molecule has 3 rings (SSSR count). The summed E-state index contributed by atoms with van der Waals surface area (Å²) in [6, 6.07) is 0.370. The Bertz CT molecular complexity index is 476. The first-order valence-corrected chi connectivity index (χ1v) is 7.18. The highest BCUT2D eigenvalue weighted by Gasteiger charge is 2.42. The molecule has 1 heterocycles. The number of aliphatic carboxylic acids is 1. The number of nitrogens with two attached hydrogens (primary N) is 1. The van der Waals surface area contributed by atoms with Crippen molar-refractivity contribution in [2.24, 2.45) is 11.8 Å². The van der Waals surface area contributed by atoms with E-state index in [1.807, 2.05) is 4.57 Å². The average Bonchev–Trinajstić information content (AvgIpc) is 3.00. The van der Waals surface area contributed by atoms with Gasteiger partial charge in [0.2, 0.25) is 5.95 Å². The van der Waals surface area contributed by atoms with Gasteiger partial charge in [0, 0.05) is 6.04 Å². The number of carboxylic acid groups (broad SMARTS) is 1. The first kappa shape index (κ1) is 11.8. The third kappa shape index (κ3) is 1.96. The minimum atomic E-state index is -0.846. The molecule has 3 unspecified atom stereocenters. The lowest BCUT2D eigenvalue weighted by Crippen LogP contribution is -2.19. The zero-order valence-electron chi connectivity index (χ0n) is 9.95. The summed E-state index contributed by atoms with van der Waals surface area (Å²) in [4.78, 5) is 10.6. The molecule has 3 N–H and O–H groups in total. The zero-order valence-corrected chi connectivity index (χ0v) is 10.8. The SMILES string of the molecule is Nc1nnc(SCC(=O)O)n1C1CC2CCC1C2. The molecule has 18 heavy (non-hydrogen) atoms. The van der Waals surface area contributed by atoms with Gasteiger partial charge in [-0.05, 0) is 31.1 Å². The van der Waals surface area contributed by atoms with Crippen LogP contribution in [0.15, 0.2) is 5.16 Å². The number of thioether (sulfide) groups is 1. The van der Waals surface area contributed by atoms with Gasteiger partial charge in [-0.15, -0.1) is 10.2 Å². The molecule has 2 saturated carbocycles. The molecule has 6 nitrogen and oxygen atoms in total. The van der Waals surface area contributed by atoms with Crippen molar-refractivity contribution in [1.82, 2.24) is 14.8 Å². The molecular formula is C11H16N4O2S. The van der Waals surface area contributed by atoms with Crippen molar-refractivity contribution in [2.75, 3.05) is 11.5 Å². The second-order valence-electron chi connectivity index (χ2n) is 5.14. The normalized spacial score (nSPS) is 29.9. The Morgan fingerprint density at radius 1 is 1.44 bits per heavy atom. The molecule has 0 aromatic carbocycles. The van der Waals surface area contributed by atoms with Gasteiger partial charge in [-0.3, -0.25) is 9.36 Å². The highest BCUT2D eigenvalue weighted by atomic mass is 32.2. The average molecular weight is 268 g/mol. The fourth-order valence-corrected chi connectivity index (χ4v) is 4.07. The molecule has 2 aliphatic rings. The fourth-order valence-electron chi connectivity index (χ4n) is 3.35. The third-order valence-electron chi connectivity index (χ3n) is 4.05. The molecule has 2 fully saturated rings. The van der Waals surface area contributed by atoms with Crippen molar-refractivity contribution in [1.29, 1.82) is 0 Å². The number of nitrogens with zero attached hydrogens (tertiary/aromatic N) is 3. The maximum Gasteiger partial charge on any atom is 0.313 e. The maximum absolute atomic E-state index is 10.6. The molecule has 0 saturated heterocycles. The molecule has 0 amide bonds. The fraction of sp³-hybridized carbons (Fsp3) is 0.727. The van der Waals surface area contributed by atoms with E-state index in [-0.39, 0.29) is 5.75 Å². The summed E-state index contributed by atoms with van der Waals surface area (Å²) in [5.74, 6) is 1.04. The lowest BCUT2D eigenvalue weighted by atomic mass is 9.95. The minimum Gasteiger partial charge on any atom is -0.481 e. The number of aromatic nitrogens is 3. The summed E-state index contributed by atoms with van der Waals surface area (Å²) in [6.07, 6.45) is 4.97. The first-order valence-electron chi connectivity index (χ1n) is 6.20. The Labute approximate surface area is 109 Å². The maximum atomic E-state index is 10.6. The van der Waals surface area contributed by atoms with E-state index < -0.39 is 5.97 Å². The van der Waals surface area contributed by atoms with Gasteiger partial charge in [0.25, 0.3) is 0 Å². The largest absolute Gasteiger partial charge is 0.481 e.